The molecule has 0 fully saturated rings. The van der Waals surface area contributed by atoms with Crippen molar-refractivity contribution in [1.29, 1.82) is 0 Å². The molecule has 1 aliphatic rings. The molecule has 2 rings (SSSR count). The fourth-order valence-corrected chi connectivity index (χ4v) is 2.33. The van der Waals surface area contributed by atoms with Gasteiger partial charge in [0.15, 0.2) is 6.04 Å². The van der Waals surface area contributed by atoms with Gasteiger partial charge in [-0.25, -0.2) is 4.79 Å². The number of fused-ring (bicyclic) bond motifs is 1. The van der Waals surface area contributed by atoms with E-state index >= 15 is 0 Å². The number of hydrogen-bond donors (Lipinski definition) is 3. The van der Waals surface area contributed by atoms with E-state index < -0.39 is 30.1 Å². The summed E-state index contributed by atoms with van der Waals surface area (Å²) in [6, 6.07) is 5.53. The molecule has 1 aliphatic carbocycles. The average Bonchev–Trinajstić information content (AvgIpc) is 2.74. The maximum atomic E-state index is 11.9. The fourth-order valence-electron chi connectivity index (χ4n) is 2.33. The van der Waals surface area contributed by atoms with Gasteiger partial charge < -0.3 is 20.9 Å². The molecular weight excluding hydrogens is 260 g/mol. The Kier molecular flexibility index (Phi) is 4.36. The average molecular weight is 278 g/mol. The Hall–Kier alpha value is -1.92. The molecule has 0 spiro atoms. The highest BCUT2D eigenvalue weighted by Crippen LogP contribution is 2.31. The number of amides is 1. The molecule has 0 saturated heterocycles. The van der Waals surface area contributed by atoms with Gasteiger partial charge in [0, 0.05) is 6.42 Å². The van der Waals surface area contributed by atoms with Crippen LogP contribution in [0.2, 0.25) is 0 Å². The number of aliphatic hydroxyl groups is 1. The zero-order valence-electron chi connectivity index (χ0n) is 11.2. The van der Waals surface area contributed by atoms with Crippen LogP contribution in [-0.4, -0.2) is 35.7 Å². The summed E-state index contributed by atoms with van der Waals surface area (Å²) in [5.74, 6) is -1.42. The van der Waals surface area contributed by atoms with Crippen molar-refractivity contribution in [2.24, 2.45) is 5.73 Å². The first kappa shape index (κ1) is 14.5. The lowest BCUT2D eigenvalue weighted by Crippen LogP contribution is -2.49. The summed E-state index contributed by atoms with van der Waals surface area (Å²) in [7, 11) is 0. The van der Waals surface area contributed by atoms with Crippen LogP contribution in [-0.2, 0) is 20.7 Å². The number of ether oxygens (including phenoxy) is 1. The highest BCUT2D eigenvalue weighted by Gasteiger charge is 2.34. The Labute approximate surface area is 116 Å². The summed E-state index contributed by atoms with van der Waals surface area (Å²) in [4.78, 5) is 23.3. The van der Waals surface area contributed by atoms with Gasteiger partial charge in [0.2, 0.25) is 5.91 Å². The molecule has 0 aromatic heterocycles. The summed E-state index contributed by atoms with van der Waals surface area (Å²) in [6.45, 7) is 1.80. The highest BCUT2D eigenvalue weighted by molar-refractivity contribution is 6.01. The molecule has 6 nitrogen and oxygen atoms in total. The molecule has 108 valence electrons. The van der Waals surface area contributed by atoms with Gasteiger partial charge in [-0.2, -0.15) is 0 Å². The Balaban J connectivity index is 2.07. The van der Waals surface area contributed by atoms with Crippen LogP contribution >= 0.6 is 0 Å². The molecule has 6 heteroatoms. The van der Waals surface area contributed by atoms with Gasteiger partial charge in [-0.15, -0.1) is 0 Å². The van der Waals surface area contributed by atoms with Gasteiger partial charge in [-0.1, -0.05) is 24.3 Å². The van der Waals surface area contributed by atoms with Crippen LogP contribution in [0, 0.1) is 0 Å². The van der Waals surface area contributed by atoms with Crippen LogP contribution < -0.4 is 11.1 Å². The van der Waals surface area contributed by atoms with Crippen LogP contribution in [0.5, 0.6) is 0 Å². The van der Waals surface area contributed by atoms with E-state index in [9.17, 15) is 14.7 Å². The predicted molar refractivity (Wildman–Crippen MR) is 71.6 cm³/mol. The zero-order chi connectivity index (χ0) is 14.7. The van der Waals surface area contributed by atoms with Gasteiger partial charge in [0.1, 0.15) is 0 Å². The van der Waals surface area contributed by atoms with Gasteiger partial charge in [-0.3, -0.25) is 4.79 Å². The highest BCUT2D eigenvalue weighted by atomic mass is 16.5. The summed E-state index contributed by atoms with van der Waals surface area (Å²) < 4.78 is 4.70. The largest absolute Gasteiger partial charge is 0.464 e. The smallest absolute Gasteiger partial charge is 0.332 e. The molecule has 0 radical (unpaired) electrons. The number of hydrogen-bond acceptors (Lipinski definition) is 5. The first-order valence-electron chi connectivity index (χ1n) is 6.53. The van der Waals surface area contributed by atoms with Gasteiger partial charge >= 0.3 is 5.97 Å². The van der Waals surface area contributed by atoms with Crippen molar-refractivity contribution < 1.29 is 19.4 Å². The molecule has 0 saturated carbocycles. The second-order valence-electron chi connectivity index (χ2n) is 4.69. The lowest BCUT2D eigenvalue weighted by molar-refractivity contribution is -0.148. The Morgan fingerprint density at radius 1 is 1.50 bits per heavy atom. The van der Waals surface area contributed by atoms with Gasteiger partial charge in [-0.05, 0) is 18.1 Å². The van der Waals surface area contributed by atoms with E-state index in [1.165, 1.54) is 0 Å². The third kappa shape index (κ3) is 2.81. The molecule has 4 N–H and O–H groups in total. The number of carbonyl (C=O) groups is 2. The molecule has 1 aromatic rings. The van der Waals surface area contributed by atoms with E-state index in [0.29, 0.717) is 6.42 Å². The van der Waals surface area contributed by atoms with Gasteiger partial charge in [0.05, 0.1) is 18.8 Å². The van der Waals surface area contributed by atoms with E-state index in [1.807, 2.05) is 24.3 Å². The normalized spacial score (nSPS) is 21.9. The Morgan fingerprint density at radius 3 is 2.90 bits per heavy atom. The first-order valence-corrected chi connectivity index (χ1v) is 6.53. The van der Waals surface area contributed by atoms with E-state index in [4.69, 9.17) is 10.5 Å². The second-order valence-corrected chi connectivity index (χ2v) is 4.69. The zero-order valence-corrected chi connectivity index (χ0v) is 11.2. The topological polar surface area (TPSA) is 102 Å². The first-order chi connectivity index (χ1) is 9.54. The molecular formula is C14H18N2O4. The standard InChI is InChI=1S/C14H18N2O4/c1-2-20-14(19)11(15)13(18)16-12-9-6-4-3-5-8(9)7-10(12)17/h3-6,10-12,17H,2,7,15H2,1H3,(H,16,18)/t10-,11?,12+/m0/s1. The van der Waals surface area contributed by atoms with Crippen LogP contribution in [0.15, 0.2) is 24.3 Å². The van der Waals surface area contributed by atoms with Crippen LogP contribution in [0.25, 0.3) is 0 Å². The number of nitrogens with two attached hydrogens (primary N) is 1. The summed E-state index contributed by atoms with van der Waals surface area (Å²) in [5.41, 5.74) is 7.35. The lowest BCUT2D eigenvalue weighted by atomic mass is 10.1. The molecule has 1 aromatic carbocycles. The van der Waals surface area contributed by atoms with Crippen molar-refractivity contribution in [2.45, 2.75) is 31.5 Å². The summed E-state index contributed by atoms with van der Waals surface area (Å²) in [5, 5.41) is 12.6. The number of carbonyl (C=O) groups excluding carboxylic acids is 2. The van der Waals surface area contributed by atoms with Crippen molar-refractivity contribution in [3.8, 4) is 0 Å². The lowest BCUT2D eigenvalue weighted by Gasteiger charge is -2.20. The molecule has 0 aliphatic heterocycles. The maximum Gasteiger partial charge on any atom is 0.332 e. The molecule has 20 heavy (non-hydrogen) atoms. The number of rotatable bonds is 4. The van der Waals surface area contributed by atoms with Crippen molar-refractivity contribution in [1.82, 2.24) is 5.32 Å². The van der Waals surface area contributed by atoms with Crippen molar-refractivity contribution >= 4 is 11.9 Å². The Morgan fingerprint density at radius 2 is 2.20 bits per heavy atom. The third-order valence-electron chi connectivity index (χ3n) is 3.32. The SMILES string of the molecule is CCOC(=O)C(N)C(=O)N[C@@H]1c2ccccc2C[C@@H]1O. The number of esters is 1. The predicted octanol–water partition coefficient (Wildman–Crippen LogP) is -0.349. The second kappa shape index (κ2) is 6.02. The minimum absolute atomic E-state index is 0.161. The Bertz CT molecular complexity index is 518. The number of aliphatic hydroxyl groups excluding tert-OH is 1. The number of benzene rings is 1. The van der Waals surface area contributed by atoms with Crippen molar-refractivity contribution in [3.63, 3.8) is 0 Å². The molecule has 0 bridgehead atoms. The third-order valence-corrected chi connectivity index (χ3v) is 3.32. The van der Waals surface area contributed by atoms with E-state index in [-0.39, 0.29) is 6.61 Å². The van der Waals surface area contributed by atoms with Gasteiger partial charge in [0.25, 0.3) is 0 Å². The summed E-state index contributed by atoms with van der Waals surface area (Å²) >= 11 is 0. The maximum absolute atomic E-state index is 11.9. The van der Waals surface area contributed by atoms with Crippen LogP contribution in [0.4, 0.5) is 0 Å². The minimum Gasteiger partial charge on any atom is -0.464 e. The fraction of sp³-hybridized carbons (Fsp3) is 0.429. The molecule has 0 heterocycles. The molecule has 1 amide bonds. The molecule has 1 unspecified atom stereocenters. The monoisotopic (exact) mass is 278 g/mol. The molecule has 3 atom stereocenters. The number of nitrogens with one attached hydrogen (secondary N) is 1. The van der Waals surface area contributed by atoms with E-state index in [0.717, 1.165) is 11.1 Å². The minimum atomic E-state index is -1.38. The van der Waals surface area contributed by atoms with Crippen LogP contribution in [0.3, 0.4) is 0 Å². The summed E-state index contributed by atoms with van der Waals surface area (Å²) in [6.07, 6.45) is -0.249. The van der Waals surface area contributed by atoms with Crippen molar-refractivity contribution in [2.75, 3.05) is 6.61 Å². The van der Waals surface area contributed by atoms with E-state index in [2.05, 4.69) is 5.32 Å². The van der Waals surface area contributed by atoms with E-state index in [1.54, 1.807) is 6.92 Å². The quantitative estimate of drug-likeness (QED) is 0.516. The van der Waals surface area contributed by atoms with Crippen molar-refractivity contribution in [3.05, 3.63) is 35.4 Å². The van der Waals surface area contributed by atoms with Crippen LogP contribution in [0.1, 0.15) is 24.1 Å².